The second kappa shape index (κ2) is 11.1. The summed E-state index contributed by atoms with van der Waals surface area (Å²) in [6.07, 6.45) is 1.38. The Bertz CT molecular complexity index is 649. The normalized spacial score (nSPS) is 13.6. The first-order chi connectivity index (χ1) is 12.4. The molecule has 1 radical (unpaired) electrons. The third-order valence-electron chi connectivity index (χ3n) is 5.31. The largest absolute Gasteiger partial charge is 0.461 e. The summed E-state index contributed by atoms with van der Waals surface area (Å²) in [5, 5.41) is 0. The molecule has 2 rings (SSSR count). The number of nitrogens with zero attached hydrogens (tertiary/aromatic N) is 1. The van der Waals surface area contributed by atoms with Gasteiger partial charge >= 0.3 is 5.97 Å². The summed E-state index contributed by atoms with van der Waals surface area (Å²) in [6, 6.07) is 21.2. The minimum Gasteiger partial charge on any atom is -0.461 e. The first kappa shape index (κ1) is 24.0. The number of benzene rings is 2. The van der Waals surface area contributed by atoms with Crippen molar-refractivity contribution in [2.45, 2.75) is 51.2 Å². The molecule has 2 aromatic carbocycles. The van der Waals surface area contributed by atoms with Gasteiger partial charge in [0, 0.05) is 45.7 Å². The van der Waals surface area contributed by atoms with E-state index in [4.69, 9.17) is 4.74 Å². The number of hydrogen-bond donors (Lipinski definition) is 0. The van der Waals surface area contributed by atoms with Crippen LogP contribution in [-0.4, -0.2) is 37.1 Å². The molecule has 0 aliphatic heterocycles. The maximum atomic E-state index is 11.9. The van der Waals surface area contributed by atoms with Crippen molar-refractivity contribution in [3.05, 3.63) is 71.8 Å². The third kappa shape index (κ3) is 5.73. The topological polar surface area (TPSA) is 29.5 Å². The van der Waals surface area contributed by atoms with E-state index in [0.29, 0.717) is 6.04 Å². The van der Waals surface area contributed by atoms with Crippen molar-refractivity contribution in [3.63, 3.8) is 0 Å². The van der Waals surface area contributed by atoms with E-state index in [-0.39, 0.29) is 44.8 Å². The number of esters is 1. The van der Waals surface area contributed by atoms with E-state index in [0.717, 1.165) is 12.8 Å². The monoisotopic (exact) mass is 442 g/mol. The molecule has 0 aromatic heterocycles. The molecule has 0 aliphatic rings. The Kier molecular flexibility index (Phi) is 9.86. The standard InChI is InChI=1S/C23H31NO2.Y/c1-6-22(26-19(3)25)23(17-18(2)24(4)5,20-13-9-7-10-14-20)21-15-11-8-12-16-21;/h7-16,18,22H,6,17H2,1-5H3;. The molecule has 2 atom stereocenters. The predicted molar refractivity (Wildman–Crippen MR) is 107 cm³/mol. The molecule has 2 aromatic rings. The summed E-state index contributed by atoms with van der Waals surface area (Å²) in [4.78, 5) is 14.1. The molecule has 0 fully saturated rings. The fourth-order valence-corrected chi connectivity index (χ4v) is 3.76. The molecule has 0 aliphatic carbocycles. The summed E-state index contributed by atoms with van der Waals surface area (Å²) in [6.45, 7) is 5.81. The predicted octanol–water partition coefficient (Wildman–Crippen LogP) is 4.65. The molecule has 27 heavy (non-hydrogen) atoms. The Hall–Kier alpha value is -1.03. The summed E-state index contributed by atoms with van der Waals surface area (Å²) in [7, 11) is 4.19. The van der Waals surface area contributed by atoms with E-state index in [1.54, 1.807) is 0 Å². The third-order valence-corrected chi connectivity index (χ3v) is 5.31. The first-order valence-corrected chi connectivity index (χ1v) is 9.36. The number of hydrogen-bond acceptors (Lipinski definition) is 3. The van der Waals surface area contributed by atoms with Crippen LogP contribution in [0, 0.1) is 0 Å². The van der Waals surface area contributed by atoms with Gasteiger partial charge in [0.15, 0.2) is 0 Å². The Morgan fingerprint density at radius 3 is 1.78 bits per heavy atom. The summed E-state index contributed by atoms with van der Waals surface area (Å²) < 4.78 is 5.90. The van der Waals surface area contributed by atoms with Crippen molar-refractivity contribution in [3.8, 4) is 0 Å². The van der Waals surface area contributed by atoms with E-state index in [1.807, 2.05) is 12.1 Å². The molecular weight excluding hydrogens is 411 g/mol. The van der Waals surface area contributed by atoms with Crippen molar-refractivity contribution < 1.29 is 42.2 Å². The van der Waals surface area contributed by atoms with Crippen LogP contribution in [0.15, 0.2) is 60.7 Å². The van der Waals surface area contributed by atoms with Gasteiger partial charge in [0.2, 0.25) is 0 Å². The maximum absolute atomic E-state index is 11.9. The number of carbonyl (C=O) groups is 1. The molecule has 2 unspecified atom stereocenters. The first-order valence-electron chi connectivity index (χ1n) is 9.36. The molecule has 0 saturated carbocycles. The van der Waals surface area contributed by atoms with Crippen molar-refractivity contribution in [2.75, 3.05) is 14.1 Å². The molecule has 143 valence electrons. The fraction of sp³-hybridized carbons (Fsp3) is 0.435. The van der Waals surface area contributed by atoms with Gasteiger partial charge in [-0.1, -0.05) is 67.6 Å². The van der Waals surface area contributed by atoms with Crippen LogP contribution in [-0.2, 0) is 47.7 Å². The summed E-state index contributed by atoms with van der Waals surface area (Å²) in [5.74, 6) is -0.231. The van der Waals surface area contributed by atoms with Gasteiger partial charge in [0.25, 0.3) is 0 Å². The molecule has 0 bridgehead atoms. The summed E-state index contributed by atoms with van der Waals surface area (Å²) in [5.41, 5.74) is 1.98. The quantitative estimate of drug-likeness (QED) is 0.558. The van der Waals surface area contributed by atoms with Crippen molar-refractivity contribution in [1.29, 1.82) is 0 Å². The smallest absolute Gasteiger partial charge is 0.302 e. The van der Waals surface area contributed by atoms with Crippen LogP contribution in [0.4, 0.5) is 0 Å². The van der Waals surface area contributed by atoms with Gasteiger partial charge in [-0.3, -0.25) is 4.79 Å². The van der Waals surface area contributed by atoms with Gasteiger partial charge in [0.05, 0.1) is 5.41 Å². The minimum absolute atomic E-state index is 0. The van der Waals surface area contributed by atoms with Crippen LogP contribution in [0.5, 0.6) is 0 Å². The van der Waals surface area contributed by atoms with E-state index in [9.17, 15) is 4.79 Å². The van der Waals surface area contributed by atoms with Crippen LogP contribution in [0.3, 0.4) is 0 Å². The molecule has 0 saturated heterocycles. The zero-order valence-corrected chi connectivity index (χ0v) is 20.0. The molecule has 0 heterocycles. The van der Waals surface area contributed by atoms with Gasteiger partial charge in [0.1, 0.15) is 6.10 Å². The van der Waals surface area contributed by atoms with Crippen LogP contribution in [0.2, 0.25) is 0 Å². The average molecular weight is 442 g/mol. The van der Waals surface area contributed by atoms with Gasteiger partial charge in [-0.2, -0.15) is 0 Å². The van der Waals surface area contributed by atoms with Crippen molar-refractivity contribution in [2.24, 2.45) is 0 Å². The van der Waals surface area contributed by atoms with Crippen LogP contribution < -0.4 is 0 Å². The molecule has 0 N–H and O–H groups in total. The van der Waals surface area contributed by atoms with Crippen LogP contribution in [0.1, 0.15) is 44.7 Å². The average Bonchev–Trinajstić information content (AvgIpc) is 2.65. The molecule has 0 amide bonds. The van der Waals surface area contributed by atoms with E-state index < -0.39 is 5.41 Å². The van der Waals surface area contributed by atoms with Crippen LogP contribution >= 0.6 is 0 Å². The van der Waals surface area contributed by atoms with E-state index in [2.05, 4.69) is 81.4 Å². The fourth-order valence-electron chi connectivity index (χ4n) is 3.76. The minimum atomic E-state index is -0.396. The van der Waals surface area contributed by atoms with E-state index >= 15 is 0 Å². The Balaban J connectivity index is 0.00000364. The van der Waals surface area contributed by atoms with Gasteiger partial charge in [-0.25, -0.2) is 0 Å². The van der Waals surface area contributed by atoms with Gasteiger partial charge in [-0.15, -0.1) is 0 Å². The van der Waals surface area contributed by atoms with Crippen LogP contribution in [0.25, 0.3) is 0 Å². The van der Waals surface area contributed by atoms with E-state index in [1.165, 1.54) is 18.1 Å². The number of carbonyl (C=O) groups excluding carboxylic acids is 1. The zero-order chi connectivity index (χ0) is 19.2. The second-order valence-corrected chi connectivity index (χ2v) is 7.23. The molecule has 4 heteroatoms. The summed E-state index contributed by atoms with van der Waals surface area (Å²) >= 11 is 0. The van der Waals surface area contributed by atoms with Gasteiger partial charge < -0.3 is 9.64 Å². The maximum Gasteiger partial charge on any atom is 0.302 e. The van der Waals surface area contributed by atoms with Gasteiger partial charge in [-0.05, 0) is 45.0 Å². The SMILES string of the molecule is CCC(OC(C)=O)C(CC(C)N(C)C)(c1ccccc1)c1ccccc1.[Y]. The number of rotatable bonds is 8. The Morgan fingerprint density at radius 1 is 1.00 bits per heavy atom. The van der Waals surface area contributed by atoms with Crippen molar-refractivity contribution >= 4 is 5.97 Å². The van der Waals surface area contributed by atoms with Crippen molar-refractivity contribution in [1.82, 2.24) is 4.90 Å². The number of ether oxygens (including phenoxy) is 1. The zero-order valence-electron chi connectivity index (χ0n) is 17.2. The molecule has 0 spiro atoms. The Morgan fingerprint density at radius 2 is 1.44 bits per heavy atom. The second-order valence-electron chi connectivity index (χ2n) is 7.23. The molecule has 3 nitrogen and oxygen atoms in total. The molecular formula is C23H31NO2Y. The Labute approximate surface area is 189 Å².